The lowest BCUT2D eigenvalue weighted by Gasteiger charge is -2.41. The van der Waals surface area contributed by atoms with E-state index in [1.807, 2.05) is 54.6 Å². The van der Waals surface area contributed by atoms with Crippen molar-refractivity contribution in [3.8, 4) is 34.5 Å². The Kier molecular flexibility index (Phi) is 5.32. The van der Waals surface area contributed by atoms with E-state index in [1.54, 1.807) is 21.3 Å². The van der Waals surface area contributed by atoms with E-state index in [1.165, 1.54) is 0 Å². The number of nitrogens with one attached hydrogen (secondary N) is 1. The number of hydrogen-bond donors (Lipinski definition) is 1. The fourth-order valence-electron chi connectivity index (χ4n) is 4.59. The Labute approximate surface area is 193 Å². The number of para-hydroxylation sites is 1. The highest BCUT2D eigenvalue weighted by Crippen LogP contribution is 2.51. The van der Waals surface area contributed by atoms with E-state index < -0.39 is 5.72 Å². The highest BCUT2D eigenvalue weighted by molar-refractivity contribution is 5.60. The maximum absolute atomic E-state index is 6.52. The lowest BCUT2D eigenvalue weighted by atomic mass is 9.81. The Hall–Kier alpha value is -3.74. The van der Waals surface area contributed by atoms with Crippen LogP contribution in [0.1, 0.15) is 30.4 Å². The lowest BCUT2D eigenvalue weighted by molar-refractivity contribution is 0.0862. The summed E-state index contributed by atoms with van der Waals surface area (Å²) in [4.78, 5) is 0. The van der Waals surface area contributed by atoms with Gasteiger partial charge in [-0.1, -0.05) is 18.2 Å². The second kappa shape index (κ2) is 8.31. The molecule has 7 nitrogen and oxygen atoms in total. The molecular weight excluding hydrogens is 422 g/mol. The molecule has 3 aromatic rings. The molecule has 0 spiro atoms. The van der Waals surface area contributed by atoms with Gasteiger partial charge in [0.15, 0.2) is 28.7 Å². The Morgan fingerprint density at radius 1 is 0.848 bits per heavy atom. The van der Waals surface area contributed by atoms with Crippen LogP contribution in [0.15, 0.2) is 54.6 Å². The van der Waals surface area contributed by atoms with Gasteiger partial charge in [-0.25, -0.2) is 0 Å². The minimum atomic E-state index is -0.673. The average Bonchev–Trinajstić information content (AvgIpc) is 3.29. The van der Waals surface area contributed by atoms with Crippen LogP contribution in [-0.2, 0) is 0 Å². The number of hydrogen-bond acceptors (Lipinski definition) is 7. The zero-order valence-corrected chi connectivity index (χ0v) is 19.1. The first-order chi connectivity index (χ1) is 16.0. The molecule has 0 radical (unpaired) electrons. The summed E-state index contributed by atoms with van der Waals surface area (Å²) in [5.74, 6) is 3.90. The second-order valence-corrected chi connectivity index (χ2v) is 8.28. The summed E-state index contributed by atoms with van der Waals surface area (Å²) in [7, 11) is 4.85. The molecule has 5 rings (SSSR count). The van der Waals surface area contributed by atoms with E-state index in [-0.39, 0.29) is 12.7 Å². The third kappa shape index (κ3) is 3.84. The SMILES string of the molecule is COc1cc([C@@H]2C[C@@](C)(Nc3ccccc3)Oc3cc4c(cc32)OCO4)cc(OC)c1OC. The zero-order valence-electron chi connectivity index (χ0n) is 19.1. The first kappa shape index (κ1) is 21.1. The van der Waals surface area contributed by atoms with Gasteiger partial charge in [0, 0.05) is 29.7 Å². The van der Waals surface area contributed by atoms with Crippen LogP contribution in [0.25, 0.3) is 0 Å². The monoisotopic (exact) mass is 449 g/mol. The molecule has 7 heteroatoms. The van der Waals surface area contributed by atoms with Crippen molar-refractivity contribution >= 4 is 5.69 Å². The fourth-order valence-corrected chi connectivity index (χ4v) is 4.59. The third-order valence-electron chi connectivity index (χ3n) is 6.08. The third-order valence-corrected chi connectivity index (χ3v) is 6.08. The van der Waals surface area contributed by atoms with Crippen molar-refractivity contribution in [2.24, 2.45) is 0 Å². The molecule has 0 aliphatic carbocycles. The molecule has 0 fully saturated rings. The molecule has 0 amide bonds. The standard InChI is InChI=1S/C26H27NO6/c1-26(27-17-8-6-5-7-9-17)14-19(16-10-23(28-2)25(30-4)24(11-16)29-3)18-12-21-22(32-15-31-21)13-20(18)33-26/h5-13,19,27H,14-15H2,1-4H3/t19-,26-/m0/s1. The molecule has 0 bridgehead atoms. The molecule has 3 aromatic carbocycles. The van der Waals surface area contributed by atoms with Crippen LogP contribution in [-0.4, -0.2) is 33.8 Å². The van der Waals surface area contributed by atoms with Crippen LogP contribution in [0, 0.1) is 0 Å². The summed E-state index contributed by atoms with van der Waals surface area (Å²) in [6.45, 7) is 2.26. The quantitative estimate of drug-likeness (QED) is 0.556. The molecule has 0 aromatic heterocycles. The second-order valence-electron chi connectivity index (χ2n) is 8.28. The summed E-state index contributed by atoms with van der Waals surface area (Å²) in [6, 6.07) is 17.9. The number of benzene rings is 3. The Bertz CT molecular complexity index is 1140. The van der Waals surface area contributed by atoms with Gasteiger partial charge in [-0.15, -0.1) is 0 Å². The lowest BCUT2D eigenvalue weighted by Crippen LogP contribution is -2.45. The van der Waals surface area contributed by atoms with E-state index in [9.17, 15) is 0 Å². The molecule has 33 heavy (non-hydrogen) atoms. The van der Waals surface area contributed by atoms with Gasteiger partial charge in [0.1, 0.15) is 5.75 Å². The molecule has 2 aliphatic rings. The van der Waals surface area contributed by atoms with Crippen molar-refractivity contribution in [1.82, 2.24) is 0 Å². The number of ether oxygens (including phenoxy) is 6. The van der Waals surface area contributed by atoms with Crippen molar-refractivity contribution in [3.05, 3.63) is 65.7 Å². The zero-order chi connectivity index (χ0) is 23.0. The van der Waals surface area contributed by atoms with Gasteiger partial charge in [0.2, 0.25) is 12.5 Å². The minimum Gasteiger partial charge on any atom is -0.493 e. The highest BCUT2D eigenvalue weighted by atomic mass is 16.7. The van der Waals surface area contributed by atoms with Crippen LogP contribution < -0.4 is 33.7 Å². The molecule has 172 valence electrons. The molecule has 2 atom stereocenters. The fraction of sp³-hybridized carbons (Fsp3) is 0.308. The van der Waals surface area contributed by atoms with Gasteiger partial charge >= 0.3 is 0 Å². The summed E-state index contributed by atoms with van der Waals surface area (Å²) in [5, 5.41) is 3.56. The van der Waals surface area contributed by atoms with Gasteiger partial charge in [0.25, 0.3) is 0 Å². The van der Waals surface area contributed by atoms with Crippen LogP contribution in [0.4, 0.5) is 5.69 Å². The highest BCUT2D eigenvalue weighted by Gasteiger charge is 2.40. The van der Waals surface area contributed by atoms with Crippen molar-refractivity contribution in [3.63, 3.8) is 0 Å². The molecule has 0 saturated carbocycles. The van der Waals surface area contributed by atoms with E-state index in [4.69, 9.17) is 28.4 Å². The maximum atomic E-state index is 6.52. The van der Waals surface area contributed by atoms with Gasteiger partial charge in [-0.2, -0.15) is 0 Å². The minimum absolute atomic E-state index is 0.0295. The number of anilines is 1. The number of rotatable bonds is 6. The largest absolute Gasteiger partial charge is 0.493 e. The molecule has 2 heterocycles. The van der Waals surface area contributed by atoms with Crippen molar-refractivity contribution in [1.29, 1.82) is 0 Å². The molecular formula is C26H27NO6. The van der Waals surface area contributed by atoms with E-state index in [0.717, 1.165) is 28.3 Å². The molecule has 0 saturated heterocycles. The Morgan fingerprint density at radius 3 is 2.15 bits per heavy atom. The summed E-state index contributed by atoms with van der Waals surface area (Å²) < 4.78 is 34.6. The smallest absolute Gasteiger partial charge is 0.231 e. The Morgan fingerprint density at radius 2 is 1.52 bits per heavy atom. The summed E-state index contributed by atoms with van der Waals surface area (Å²) >= 11 is 0. The van der Waals surface area contributed by atoms with Crippen LogP contribution in [0.2, 0.25) is 0 Å². The van der Waals surface area contributed by atoms with E-state index in [2.05, 4.69) is 12.2 Å². The summed E-state index contributed by atoms with van der Waals surface area (Å²) in [6.07, 6.45) is 0.660. The van der Waals surface area contributed by atoms with E-state index in [0.29, 0.717) is 29.4 Å². The van der Waals surface area contributed by atoms with Crippen LogP contribution in [0.5, 0.6) is 34.5 Å². The maximum Gasteiger partial charge on any atom is 0.231 e. The topological polar surface area (TPSA) is 67.4 Å². The van der Waals surface area contributed by atoms with Gasteiger partial charge in [-0.3, -0.25) is 0 Å². The first-order valence-electron chi connectivity index (χ1n) is 10.8. The first-order valence-corrected chi connectivity index (χ1v) is 10.8. The van der Waals surface area contributed by atoms with Crippen LogP contribution in [0.3, 0.4) is 0 Å². The molecule has 2 aliphatic heterocycles. The van der Waals surface area contributed by atoms with Gasteiger partial charge in [-0.05, 0) is 42.8 Å². The van der Waals surface area contributed by atoms with E-state index >= 15 is 0 Å². The summed E-state index contributed by atoms with van der Waals surface area (Å²) in [5.41, 5.74) is 2.34. The average molecular weight is 450 g/mol. The normalized spacial score (nSPS) is 20.4. The van der Waals surface area contributed by atoms with Crippen molar-refractivity contribution < 1.29 is 28.4 Å². The molecule has 1 N–H and O–H groups in total. The number of methoxy groups -OCH3 is 3. The van der Waals surface area contributed by atoms with Crippen molar-refractivity contribution in [2.75, 3.05) is 33.4 Å². The van der Waals surface area contributed by atoms with Crippen LogP contribution >= 0.6 is 0 Å². The predicted molar refractivity (Wildman–Crippen MR) is 124 cm³/mol. The Balaban J connectivity index is 1.63. The van der Waals surface area contributed by atoms with Gasteiger partial charge in [0.05, 0.1) is 21.3 Å². The number of fused-ring (bicyclic) bond motifs is 2. The van der Waals surface area contributed by atoms with Gasteiger partial charge < -0.3 is 33.7 Å². The molecule has 0 unspecified atom stereocenters. The predicted octanol–water partition coefficient (Wildman–Crippen LogP) is 5.18. The van der Waals surface area contributed by atoms with Crippen molar-refractivity contribution in [2.45, 2.75) is 25.0 Å².